The van der Waals surface area contributed by atoms with Crippen LogP contribution in [0.1, 0.15) is 25.7 Å². The predicted octanol–water partition coefficient (Wildman–Crippen LogP) is 0.955. The smallest absolute Gasteiger partial charge is 0.243 e. The molecule has 0 spiro atoms. The minimum atomic E-state index is -3.44. The molecule has 1 aromatic rings. The fourth-order valence-corrected chi connectivity index (χ4v) is 5.01. The number of rotatable bonds is 5. The second-order valence-electron chi connectivity index (χ2n) is 6.58. The van der Waals surface area contributed by atoms with Crippen LogP contribution in [0.25, 0.3) is 0 Å². The summed E-state index contributed by atoms with van der Waals surface area (Å²) in [6, 6.07) is 8.47. The topological polar surface area (TPSA) is 78.5 Å². The van der Waals surface area contributed by atoms with Crippen LogP contribution >= 0.6 is 0 Å². The summed E-state index contributed by atoms with van der Waals surface area (Å²) >= 11 is 0. The summed E-state index contributed by atoms with van der Waals surface area (Å²) in [6.07, 6.45) is 3.68. The Bertz CT molecular complexity index is 657. The normalized spacial score (nSPS) is 25.5. The molecule has 0 saturated carbocycles. The fourth-order valence-electron chi connectivity index (χ4n) is 3.43. The number of nitrogens with zero attached hydrogens (tertiary/aromatic N) is 1. The van der Waals surface area contributed by atoms with Crippen LogP contribution in [0.2, 0.25) is 0 Å². The van der Waals surface area contributed by atoms with Crippen LogP contribution in [-0.4, -0.2) is 50.9 Å². The predicted molar refractivity (Wildman–Crippen MR) is 92.0 cm³/mol. The molecule has 24 heavy (non-hydrogen) atoms. The number of carbonyl (C=O) groups excluding carboxylic acids is 1. The molecule has 2 fully saturated rings. The summed E-state index contributed by atoms with van der Waals surface area (Å²) in [4.78, 5) is 12.4. The Balaban J connectivity index is 1.57. The molecule has 2 saturated heterocycles. The van der Waals surface area contributed by atoms with Crippen molar-refractivity contribution in [1.29, 1.82) is 0 Å². The number of piperidine rings is 1. The highest BCUT2D eigenvalue weighted by atomic mass is 32.2. The van der Waals surface area contributed by atoms with Gasteiger partial charge in [-0.2, -0.15) is 4.31 Å². The van der Waals surface area contributed by atoms with Gasteiger partial charge < -0.3 is 10.6 Å². The van der Waals surface area contributed by atoms with Gasteiger partial charge in [0, 0.05) is 19.6 Å². The Kier molecular flexibility index (Phi) is 5.53. The van der Waals surface area contributed by atoms with Crippen molar-refractivity contribution in [2.45, 2.75) is 36.6 Å². The standard InChI is InChI=1S/C17H25N3O3S/c21-17(16-9-4-10-18-16)19-12-14-6-5-11-20(13-14)24(22,23)15-7-2-1-3-8-15/h1-3,7-8,14,16,18H,4-6,9-13H2,(H,19,21). The van der Waals surface area contributed by atoms with E-state index in [1.807, 2.05) is 6.07 Å². The maximum atomic E-state index is 12.7. The molecule has 0 aromatic heterocycles. The minimum absolute atomic E-state index is 0.0375. The molecule has 0 aliphatic carbocycles. The molecular formula is C17H25N3O3S. The first-order valence-electron chi connectivity index (χ1n) is 8.63. The summed E-state index contributed by atoms with van der Waals surface area (Å²) in [5, 5.41) is 6.16. The van der Waals surface area contributed by atoms with Crippen LogP contribution in [0, 0.1) is 5.92 Å². The zero-order valence-electron chi connectivity index (χ0n) is 13.8. The van der Waals surface area contributed by atoms with Crippen LogP contribution in [0.3, 0.4) is 0 Å². The van der Waals surface area contributed by atoms with E-state index in [9.17, 15) is 13.2 Å². The van der Waals surface area contributed by atoms with Crippen LogP contribution < -0.4 is 10.6 Å². The van der Waals surface area contributed by atoms with Gasteiger partial charge in [-0.15, -0.1) is 0 Å². The molecule has 2 aliphatic rings. The van der Waals surface area contributed by atoms with Gasteiger partial charge in [0.1, 0.15) is 0 Å². The molecule has 2 heterocycles. The van der Waals surface area contributed by atoms with Crippen molar-refractivity contribution >= 4 is 15.9 Å². The van der Waals surface area contributed by atoms with Gasteiger partial charge in [0.25, 0.3) is 0 Å². The number of hydrogen-bond donors (Lipinski definition) is 2. The summed E-state index contributed by atoms with van der Waals surface area (Å²) in [7, 11) is -3.44. The van der Waals surface area contributed by atoms with Gasteiger partial charge in [0.05, 0.1) is 10.9 Å². The zero-order chi connectivity index (χ0) is 17.0. The maximum absolute atomic E-state index is 12.7. The van der Waals surface area contributed by atoms with Crippen molar-refractivity contribution in [3.63, 3.8) is 0 Å². The van der Waals surface area contributed by atoms with E-state index in [-0.39, 0.29) is 17.9 Å². The average molecular weight is 351 g/mol. The minimum Gasteiger partial charge on any atom is -0.354 e. The van der Waals surface area contributed by atoms with Crippen LogP contribution in [0.15, 0.2) is 35.2 Å². The van der Waals surface area contributed by atoms with Crippen molar-refractivity contribution < 1.29 is 13.2 Å². The van der Waals surface area contributed by atoms with E-state index in [2.05, 4.69) is 10.6 Å². The van der Waals surface area contributed by atoms with E-state index in [0.29, 0.717) is 24.5 Å². The Labute approximate surface area is 143 Å². The van der Waals surface area contributed by atoms with Crippen molar-refractivity contribution in [2.24, 2.45) is 5.92 Å². The first-order valence-corrected chi connectivity index (χ1v) is 10.1. The van der Waals surface area contributed by atoms with Gasteiger partial charge in [-0.1, -0.05) is 18.2 Å². The molecule has 3 rings (SSSR count). The number of amides is 1. The lowest BCUT2D eigenvalue weighted by atomic mass is 9.99. The quantitative estimate of drug-likeness (QED) is 0.828. The van der Waals surface area contributed by atoms with Gasteiger partial charge in [-0.25, -0.2) is 8.42 Å². The first-order chi connectivity index (χ1) is 11.6. The summed E-state index contributed by atoms with van der Waals surface area (Å²) in [5.41, 5.74) is 0. The van der Waals surface area contributed by atoms with Crippen LogP contribution in [0.4, 0.5) is 0 Å². The van der Waals surface area contributed by atoms with E-state index >= 15 is 0 Å². The number of carbonyl (C=O) groups is 1. The SMILES string of the molecule is O=C(NCC1CCCN(S(=O)(=O)c2ccccc2)C1)C1CCCN1. The van der Waals surface area contributed by atoms with Gasteiger partial charge in [0.15, 0.2) is 0 Å². The van der Waals surface area contributed by atoms with Crippen molar-refractivity contribution in [1.82, 2.24) is 14.9 Å². The maximum Gasteiger partial charge on any atom is 0.243 e. The molecule has 1 amide bonds. The third-order valence-electron chi connectivity index (χ3n) is 4.80. The van der Waals surface area contributed by atoms with Crippen molar-refractivity contribution in [3.8, 4) is 0 Å². The molecule has 1 aromatic carbocycles. The van der Waals surface area contributed by atoms with Crippen LogP contribution in [0.5, 0.6) is 0 Å². The lowest BCUT2D eigenvalue weighted by molar-refractivity contribution is -0.123. The second-order valence-corrected chi connectivity index (χ2v) is 8.52. The third kappa shape index (κ3) is 3.96. The van der Waals surface area contributed by atoms with Gasteiger partial charge in [-0.05, 0) is 50.3 Å². The lowest BCUT2D eigenvalue weighted by Crippen LogP contribution is -2.46. The molecule has 2 N–H and O–H groups in total. The molecule has 7 heteroatoms. The van der Waals surface area contributed by atoms with E-state index < -0.39 is 10.0 Å². The zero-order valence-corrected chi connectivity index (χ0v) is 14.6. The second kappa shape index (κ2) is 7.63. The van der Waals surface area contributed by atoms with Gasteiger partial charge in [-0.3, -0.25) is 4.79 Å². The summed E-state index contributed by atoms with van der Waals surface area (Å²) in [6.45, 7) is 2.45. The van der Waals surface area contributed by atoms with Gasteiger partial charge >= 0.3 is 0 Å². The molecule has 6 nitrogen and oxygen atoms in total. The highest BCUT2D eigenvalue weighted by Crippen LogP contribution is 2.23. The number of nitrogens with one attached hydrogen (secondary N) is 2. The average Bonchev–Trinajstić information content (AvgIpc) is 3.15. The molecule has 2 atom stereocenters. The molecule has 2 unspecified atom stereocenters. The number of benzene rings is 1. The third-order valence-corrected chi connectivity index (χ3v) is 6.68. The Morgan fingerprint density at radius 3 is 2.71 bits per heavy atom. The van der Waals surface area contributed by atoms with Crippen LogP contribution in [-0.2, 0) is 14.8 Å². The Hall–Kier alpha value is -1.44. The van der Waals surface area contributed by atoms with E-state index in [4.69, 9.17) is 0 Å². The number of sulfonamides is 1. The first kappa shape index (κ1) is 17.4. The Morgan fingerprint density at radius 2 is 2.00 bits per heavy atom. The van der Waals surface area contributed by atoms with E-state index in [0.717, 1.165) is 32.2 Å². The fraction of sp³-hybridized carbons (Fsp3) is 0.588. The van der Waals surface area contributed by atoms with Crippen molar-refractivity contribution in [2.75, 3.05) is 26.2 Å². The highest BCUT2D eigenvalue weighted by Gasteiger charge is 2.30. The molecule has 2 aliphatic heterocycles. The monoisotopic (exact) mass is 351 g/mol. The van der Waals surface area contributed by atoms with E-state index in [1.54, 1.807) is 28.6 Å². The molecular weight excluding hydrogens is 326 g/mol. The van der Waals surface area contributed by atoms with E-state index in [1.165, 1.54) is 0 Å². The summed E-state index contributed by atoms with van der Waals surface area (Å²) < 4.78 is 27.0. The number of hydrogen-bond acceptors (Lipinski definition) is 4. The van der Waals surface area contributed by atoms with Gasteiger partial charge in [0.2, 0.25) is 15.9 Å². The highest BCUT2D eigenvalue weighted by molar-refractivity contribution is 7.89. The Morgan fingerprint density at radius 1 is 1.21 bits per heavy atom. The lowest BCUT2D eigenvalue weighted by Gasteiger charge is -2.32. The molecule has 0 bridgehead atoms. The molecule has 132 valence electrons. The summed E-state index contributed by atoms with van der Waals surface area (Å²) in [5.74, 6) is 0.207. The van der Waals surface area contributed by atoms with Crippen molar-refractivity contribution in [3.05, 3.63) is 30.3 Å². The molecule has 0 radical (unpaired) electrons. The largest absolute Gasteiger partial charge is 0.354 e.